The summed E-state index contributed by atoms with van der Waals surface area (Å²) in [6.07, 6.45) is 0.572. The molecular weight excluding hydrogens is 263 g/mol. The molecule has 2 aromatic rings. The Morgan fingerprint density at radius 1 is 1.24 bits per heavy atom. The van der Waals surface area contributed by atoms with Crippen LogP contribution in [-0.4, -0.2) is 16.7 Å². The highest BCUT2D eigenvalue weighted by Crippen LogP contribution is 2.15. The maximum atomic E-state index is 5.76. The second-order valence-electron chi connectivity index (χ2n) is 3.29. The molecule has 0 saturated heterocycles. The van der Waals surface area contributed by atoms with E-state index < -0.39 is 0 Å². The summed E-state index contributed by atoms with van der Waals surface area (Å²) < 4.78 is 10.4. The van der Waals surface area contributed by atoms with Gasteiger partial charge in [-0.1, -0.05) is 16.8 Å². The smallest absolute Gasteiger partial charge is 0.241 e. The van der Waals surface area contributed by atoms with E-state index in [-0.39, 0.29) is 5.88 Å². The number of halogens is 2. The van der Waals surface area contributed by atoms with Gasteiger partial charge in [-0.05, 0) is 24.3 Å². The lowest BCUT2D eigenvalue weighted by Gasteiger charge is -2.03. The van der Waals surface area contributed by atoms with Gasteiger partial charge in [0.1, 0.15) is 11.6 Å². The average Bonchev–Trinajstić information content (AvgIpc) is 2.80. The van der Waals surface area contributed by atoms with E-state index in [4.69, 9.17) is 32.5 Å². The highest BCUT2D eigenvalue weighted by atomic mass is 35.5. The van der Waals surface area contributed by atoms with Gasteiger partial charge in [-0.15, -0.1) is 11.6 Å². The summed E-state index contributed by atoms with van der Waals surface area (Å²) in [5.41, 5.74) is 0. The number of benzene rings is 1. The fourth-order valence-corrected chi connectivity index (χ4v) is 1.47. The van der Waals surface area contributed by atoms with E-state index in [9.17, 15) is 0 Å². The molecule has 1 aromatic heterocycles. The summed E-state index contributed by atoms with van der Waals surface area (Å²) in [6, 6.07) is 7.17. The number of rotatable bonds is 5. The van der Waals surface area contributed by atoms with Gasteiger partial charge in [-0.3, -0.25) is 0 Å². The lowest BCUT2D eigenvalue weighted by atomic mass is 10.3. The van der Waals surface area contributed by atoms with Crippen LogP contribution in [0.5, 0.6) is 5.75 Å². The van der Waals surface area contributed by atoms with Gasteiger partial charge in [-0.2, -0.15) is 4.98 Å². The first-order valence-corrected chi connectivity index (χ1v) is 5.95. The normalized spacial score (nSPS) is 10.5. The third-order valence-corrected chi connectivity index (χ3v) is 2.51. The Hall–Kier alpha value is -1.26. The first-order valence-electron chi connectivity index (χ1n) is 5.04. The highest BCUT2D eigenvalue weighted by molar-refractivity contribution is 6.30. The molecule has 0 aliphatic rings. The molecule has 4 nitrogen and oxygen atoms in total. The van der Waals surface area contributed by atoms with Crippen molar-refractivity contribution in [2.24, 2.45) is 0 Å². The van der Waals surface area contributed by atoms with Crippen molar-refractivity contribution < 1.29 is 9.26 Å². The minimum absolute atomic E-state index is 0.227. The third-order valence-electron chi connectivity index (χ3n) is 2.03. The van der Waals surface area contributed by atoms with E-state index in [1.807, 2.05) is 12.1 Å². The minimum atomic E-state index is 0.227. The van der Waals surface area contributed by atoms with E-state index in [0.29, 0.717) is 29.8 Å². The largest absolute Gasteiger partial charge is 0.493 e. The second kappa shape index (κ2) is 5.89. The zero-order valence-corrected chi connectivity index (χ0v) is 10.4. The maximum Gasteiger partial charge on any atom is 0.241 e. The van der Waals surface area contributed by atoms with Gasteiger partial charge in [0.2, 0.25) is 5.89 Å². The average molecular weight is 273 g/mol. The van der Waals surface area contributed by atoms with Crippen molar-refractivity contribution in [2.75, 3.05) is 6.61 Å². The zero-order chi connectivity index (χ0) is 12.1. The van der Waals surface area contributed by atoms with Crippen LogP contribution in [0.3, 0.4) is 0 Å². The van der Waals surface area contributed by atoms with Crippen molar-refractivity contribution in [1.29, 1.82) is 0 Å². The van der Waals surface area contributed by atoms with Crippen molar-refractivity contribution in [3.8, 4) is 5.75 Å². The number of aromatic nitrogens is 2. The molecule has 0 aliphatic heterocycles. The Kier molecular flexibility index (Phi) is 4.23. The molecular formula is C11H10Cl2N2O2. The van der Waals surface area contributed by atoms with Crippen LogP contribution in [0.2, 0.25) is 5.02 Å². The van der Waals surface area contributed by atoms with Crippen LogP contribution in [-0.2, 0) is 12.3 Å². The standard InChI is InChI=1S/C11H10Cl2N2O2/c12-7-11-14-10(15-17-11)5-6-16-9-3-1-8(13)2-4-9/h1-4H,5-7H2. The van der Waals surface area contributed by atoms with E-state index in [2.05, 4.69) is 10.1 Å². The van der Waals surface area contributed by atoms with Gasteiger partial charge in [-0.25, -0.2) is 0 Å². The van der Waals surface area contributed by atoms with Crippen molar-refractivity contribution in [3.63, 3.8) is 0 Å². The fraction of sp³-hybridized carbons (Fsp3) is 0.273. The number of ether oxygens (including phenoxy) is 1. The Labute approximate surface area is 108 Å². The molecule has 0 amide bonds. The number of hydrogen-bond acceptors (Lipinski definition) is 4. The summed E-state index contributed by atoms with van der Waals surface area (Å²) >= 11 is 11.3. The number of hydrogen-bond donors (Lipinski definition) is 0. The molecule has 0 atom stereocenters. The Bertz CT molecular complexity index is 471. The number of alkyl halides is 1. The van der Waals surface area contributed by atoms with Crippen molar-refractivity contribution >= 4 is 23.2 Å². The first-order chi connectivity index (χ1) is 8.28. The summed E-state index contributed by atoms with van der Waals surface area (Å²) in [5, 5.41) is 4.44. The Balaban J connectivity index is 1.81. The molecule has 0 spiro atoms. The molecule has 0 bridgehead atoms. The molecule has 1 aromatic carbocycles. The quantitative estimate of drug-likeness (QED) is 0.785. The van der Waals surface area contributed by atoms with Gasteiger partial charge in [0.15, 0.2) is 5.82 Å². The predicted octanol–water partition coefficient (Wildman–Crippen LogP) is 3.08. The molecule has 0 aliphatic carbocycles. The van der Waals surface area contributed by atoms with Crippen molar-refractivity contribution in [2.45, 2.75) is 12.3 Å². The molecule has 1 heterocycles. The van der Waals surface area contributed by atoms with Crippen molar-refractivity contribution in [3.05, 3.63) is 41.0 Å². The van der Waals surface area contributed by atoms with Gasteiger partial charge in [0.25, 0.3) is 0 Å². The lowest BCUT2D eigenvalue weighted by Crippen LogP contribution is -2.02. The summed E-state index contributed by atoms with van der Waals surface area (Å²) in [5.74, 6) is 2.00. The molecule has 0 N–H and O–H groups in total. The fourth-order valence-electron chi connectivity index (χ4n) is 1.24. The summed E-state index contributed by atoms with van der Waals surface area (Å²) in [4.78, 5) is 4.06. The maximum absolute atomic E-state index is 5.76. The summed E-state index contributed by atoms with van der Waals surface area (Å²) in [7, 11) is 0. The van der Waals surface area contributed by atoms with Crippen LogP contribution >= 0.6 is 23.2 Å². The van der Waals surface area contributed by atoms with Gasteiger partial charge in [0, 0.05) is 11.4 Å². The van der Waals surface area contributed by atoms with Crippen LogP contribution in [0.1, 0.15) is 11.7 Å². The molecule has 17 heavy (non-hydrogen) atoms. The van der Waals surface area contributed by atoms with Crippen molar-refractivity contribution in [1.82, 2.24) is 10.1 Å². The molecule has 90 valence electrons. The SMILES string of the molecule is ClCc1nc(CCOc2ccc(Cl)cc2)no1. The van der Waals surface area contributed by atoms with Gasteiger partial charge in [0.05, 0.1) is 6.61 Å². The minimum Gasteiger partial charge on any atom is -0.493 e. The van der Waals surface area contributed by atoms with E-state index in [1.165, 1.54) is 0 Å². The Morgan fingerprint density at radius 3 is 2.65 bits per heavy atom. The molecule has 2 rings (SSSR count). The molecule has 0 unspecified atom stereocenters. The predicted molar refractivity (Wildman–Crippen MR) is 64.5 cm³/mol. The zero-order valence-electron chi connectivity index (χ0n) is 8.90. The van der Waals surface area contributed by atoms with Crippen LogP contribution in [0.4, 0.5) is 0 Å². The first kappa shape index (κ1) is 12.2. The van der Waals surface area contributed by atoms with Crippen LogP contribution in [0.25, 0.3) is 0 Å². The molecule has 0 fully saturated rings. The van der Waals surface area contributed by atoms with E-state index in [1.54, 1.807) is 12.1 Å². The lowest BCUT2D eigenvalue weighted by molar-refractivity contribution is 0.314. The molecule has 0 radical (unpaired) electrons. The van der Waals surface area contributed by atoms with Crippen LogP contribution < -0.4 is 4.74 Å². The third kappa shape index (κ3) is 3.61. The van der Waals surface area contributed by atoms with Gasteiger partial charge >= 0.3 is 0 Å². The van der Waals surface area contributed by atoms with Crippen LogP contribution in [0.15, 0.2) is 28.8 Å². The molecule has 0 saturated carbocycles. The number of nitrogens with zero attached hydrogens (tertiary/aromatic N) is 2. The highest BCUT2D eigenvalue weighted by Gasteiger charge is 2.04. The van der Waals surface area contributed by atoms with Gasteiger partial charge < -0.3 is 9.26 Å². The second-order valence-corrected chi connectivity index (χ2v) is 3.99. The van der Waals surface area contributed by atoms with Crippen LogP contribution in [0, 0.1) is 0 Å². The summed E-state index contributed by atoms with van der Waals surface area (Å²) in [6.45, 7) is 0.475. The molecule has 6 heteroatoms. The topological polar surface area (TPSA) is 48.2 Å². The van der Waals surface area contributed by atoms with E-state index in [0.717, 1.165) is 5.75 Å². The Morgan fingerprint density at radius 2 is 2.00 bits per heavy atom. The monoisotopic (exact) mass is 272 g/mol. The van der Waals surface area contributed by atoms with E-state index >= 15 is 0 Å².